The second-order valence-corrected chi connectivity index (χ2v) is 5.11. The normalized spacial score (nSPS) is 10.3. The summed E-state index contributed by atoms with van der Waals surface area (Å²) in [6.45, 7) is 3.51. The number of amides is 1. The number of hydrogen-bond donors (Lipinski definition) is 3. The van der Waals surface area contributed by atoms with E-state index in [2.05, 4.69) is 15.3 Å². The van der Waals surface area contributed by atoms with Gasteiger partial charge in [0.15, 0.2) is 5.13 Å². The van der Waals surface area contributed by atoms with Crippen LogP contribution in [0.2, 0.25) is 0 Å². The van der Waals surface area contributed by atoms with Gasteiger partial charge in [0.1, 0.15) is 10.6 Å². The number of rotatable bonds is 4. The van der Waals surface area contributed by atoms with E-state index in [-0.39, 0.29) is 22.3 Å². The fourth-order valence-electron chi connectivity index (χ4n) is 1.59. The van der Waals surface area contributed by atoms with Gasteiger partial charge in [-0.3, -0.25) is 19.9 Å². The third kappa shape index (κ3) is 3.47. The highest BCUT2D eigenvalue weighted by Crippen LogP contribution is 2.23. The van der Waals surface area contributed by atoms with Crippen molar-refractivity contribution in [2.75, 3.05) is 11.9 Å². The summed E-state index contributed by atoms with van der Waals surface area (Å²) in [5.41, 5.74) is -1.28. The highest BCUT2D eigenvalue weighted by molar-refractivity contribution is 7.17. The van der Waals surface area contributed by atoms with Gasteiger partial charge in [-0.2, -0.15) is 0 Å². The van der Waals surface area contributed by atoms with E-state index < -0.39 is 23.1 Å². The first kappa shape index (κ1) is 15.6. The first-order valence-electron chi connectivity index (χ1n) is 6.20. The minimum absolute atomic E-state index is 0.159. The molecule has 2 aromatic heterocycles. The summed E-state index contributed by atoms with van der Waals surface area (Å²) in [5, 5.41) is 2.57. The van der Waals surface area contributed by atoms with Gasteiger partial charge in [0, 0.05) is 6.07 Å². The summed E-state index contributed by atoms with van der Waals surface area (Å²) in [4.78, 5) is 54.3. The zero-order chi connectivity index (χ0) is 16.3. The van der Waals surface area contributed by atoms with Gasteiger partial charge in [-0.1, -0.05) is 11.3 Å². The van der Waals surface area contributed by atoms with Crippen LogP contribution in [0.5, 0.6) is 0 Å². The number of nitrogens with one attached hydrogen (secondary N) is 3. The van der Waals surface area contributed by atoms with E-state index >= 15 is 0 Å². The van der Waals surface area contributed by atoms with E-state index in [4.69, 9.17) is 4.74 Å². The molecule has 2 aromatic rings. The molecular weight excluding hydrogens is 312 g/mol. The van der Waals surface area contributed by atoms with E-state index in [0.717, 1.165) is 17.4 Å². The molecule has 0 fully saturated rings. The molecule has 2 heterocycles. The Morgan fingerprint density at radius 3 is 2.73 bits per heavy atom. The number of nitrogens with zero attached hydrogens (tertiary/aromatic N) is 1. The van der Waals surface area contributed by atoms with Crippen molar-refractivity contribution in [1.29, 1.82) is 0 Å². The average molecular weight is 324 g/mol. The Morgan fingerprint density at radius 2 is 2.09 bits per heavy atom. The van der Waals surface area contributed by atoms with Gasteiger partial charge < -0.3 is 9.72 Å². The summed E-state index contributed by atoms with van der Waals surface area (Å²) in [7, 11) is 0. The van der Waals surface area contributed by atoms with Gasteiger partial charge in [0.05, 0.1) is 12.3 Å². The summed E-state index contributed by atoms with van der Waals surface area (Å²) in [5.74, 6) is -1.24. The number of ether oxygens (including phenoxy) is 1. The Morgan fingerprint density at radius 1 is 1.36 bits per heavy atom. The lowest BCUT2D eigenvalue weighted by molar-refractivity contribution is 0.0531. The van der Waals surface area contributed by atoms with Crippen molar-refractivity contribution in [3.8, 4) is 0 Å². The van der Waals surface area contributed by atoms with Crippen LogP contribution < -0.4 is 16.6 Å². The number of hydrogen-bond acceptors (Lipinski definition) is 7. The Kier molecular flexibility index (Phi) is 4.51. The van der Waals surface area contributed by atoms with E-state index in [9.17, 15) is 19.2 Å². The van der Waals surface area contributed by atoms with Gasteiger partial charge in [0.25, 0.3) is 11.5 Å². The number of aryl methyl sites for hydroxylation is 1. The number of anilines is 1. The van der Waals surface area contributed by atoms with Gasteiger partial charge in [-0.15, -0.1) is 0 Å². The molecule has 0 spiro atoms. The van der Waals surface area contributed by atoms with Crippen LogP contribution in [-0.4, -0.2) is 33.4 Å². The zero-order valence-corrected chi connectivity index (χ0v) is 12.5. The monoisotopic (exact) mass is 324 g/mol. The van der Waals surface area contributed by atoms with Crippen molar-refractivity contribution in [2.24, 2.45) is 0 Å². The topological polar surface area (TPSA) is 134 Å². The molecule has 9 nitrogen and oxygen atoms in total. The molecular formula is C12H12N4O5S. The first-order valence-corrected chi connectivity index (χ1v) is 7.02. The Bertz CT molecular complexity index is 806. The number of carbonyl (C=O) groups excluding carboxylic acids is 2. The Hall–Kier alpha value is -2.75. The molecule has 3 N–H and O–H groups in total. The lowest BCUT2D eigenvalue weighted by Crippen LogP contribution is -2.27. The van der Waals surface area contributed by atoms with Crippen LogP contribution >= 0.6 is 11.3 Å². The summed E-state index contributed by atoms with van der Waals surface area (Å²) in [6.07, 6.45) is 0. The van der Waals surface area contributed by atoms with Crippen molar-refractivity contribution in [3.63, 3.8) is 0 Å². The number of carbonyl (C=O) groups is 2. The highest BCUT2D eigenvalue weighted by Gasteiger charge is 2.18. The van der Waals surface area contributed by atoms with Crippen LogP contribution in [0.3, 0.4) is 0 Å². The van der Waals surface area contributed by atoms with E-state index in [1.54, 1.807) is 13.8 Å². The number of thiazole rings is 1. The van der Waals surface area contributed by atoms with Crippen LogP contribution in [0, 0.1) is 6.92 Å². The molecule has 0 unspecified atom stereocenters. The van der Waals surface area contributed by atoms with Crippen molar-refractivity contribution in [3.05, 3.63) is 43.2 Å². The lowest BCUT2D eigenvalue weighted by atomic mass is 10.4. The van der Waals surface area contributed by atoms with E-state index in [1.165, 1.54) is 0 Å². The third-order valence-electron chi connectivity index (χ3n) is 2.48. The molecule has 0 aliphatic rings. The van der Waals surface area contributed by atoms with E-state index in [0.29, 0.717) is 5.69 Å². The van der Waals surface area contributed by atoms with Crippen LogP contribution in [0.1, 0.15) is 32.8 Å². The molecule has 2 rings (SSSR count). The molecule has 10 heteroatoms. The number of esters is 1. The molecule has 0 radical (unpaired) electrons. The first-order chi connectivity index (χ1) is 10.4. The van der Waals surface area contributed by atoms with Crippen molar-refractivity contribution in [1.82, 2.24) is 15.0 Å². The minimum Gasteiger partial charge on any atom is -0.462 e. The smallest absolute Gasteiger partial charge is 0.350 e. The SMILES string of the molecule is CCOC(=O)c1sc(NC(=O)c2cc(=O)[nH]c(=O)[nH]2)nc1C. The predicted molar refractivity (Wildman–Crippen MR) is 78.4 cm³/mol. The molecule has 1 amide bonds. The predicted octanol–water partition coefficient (Wildman–Crippen LogP) is 0.257. The molecule has 0 saturated carbocycles. The fourth-order valence-corrected chi connectivity index (χ4v) is 2.45. The molecule has 0 bridgehead atoms. The fraction of sp³-hybridized carbons (Fsp3) is 0.250. The van der Waals surface area contributed by atoms with Gasteiger partial charge in [0.2, 0.25) is 0 Å². The lowest BCUT2D eigenvalue weighted by Gasteiger charge is -2.00. The number of H-pyrrole nitrogens is 2. The molecule has 0 aromatic carbocycles. The molecule has 0 aliphatic heterocycles. The molecule has 0 aliphatic carbocycles. The van der Waals surface area contributed by atoms with Crippen molar-refractivity contribution in [2.45, 2.75) is 13.8 Å². The number of aromatic nitrogens is 3. The molecule has 0 atom stereocenters. The third-order valence-corrected chi connectivity index (χ3v) is 3.54. The quantitative estimate of drug-likeness (QED) is 0.690. The summed E-state index contributed by atoms with van der Waals surface area (Å²) < 4.78 is 4.87. The second-order valence-electron chi connectivity index (χ2n) is 4.11. The standard InChI is InChI=1S/C12H12N4O5S/c1-3-21-10(19)8-5(2)13-12(22-8)16-9(18)6-4-7(17)15-11(20)14-6/h4H,3H2,1-2H3,(H,13,16,18)(H2,14,15,17,20). The highest BCUT2D eigenvalue weighted by atomic mass is 32.1. The maximum atomic E-state index is 12.0. The van der Waals surface area contributed by atoms with Gasteiger partial charge in [-0.25, -0.2) is 14.6 Å². The molecule has 0 saturated heterocycles. The zero-order valence-electron chi connectivity index (χ0n) is 11.7. The van der Waals surface area contributed by atoms with Crippen LogP contribution in [-0.2, 0) is 4.74 Å². The summed E-state index contributed by atoms with van der Waals surface area (Å²) in [6, 6.07) is 0.948. The van der Waals surface area contributed by atoms with E-state index in [1.807, 2.05) is 4.98 Å². The number of aromatic amines is 2. The maximum absolute atomic E-state index is 12.0. The Balaban J connectivity index is 2.22. The van der Waals surface area contributed by atoms with Crippen molar-refractivity contribution >= 4 is 28.3 Å². The molecule has 116 valence electrons. The maximum Gasteiger partial charge on any atom is 0.350 e. The average Bonchev–Trinajstić information content (AvgIpc) is 2.78. The minimum atomic E-state index is -0.791. The van der Waals surface area contributed by atoms with Gasteiger partial charge >= 0.3 is 11.7 Å². The Labute approximate surface area is 127 Å². The van der Waals surface area contributed by atoms with Gasteiger partial charge in [-0.05, 0) is 13.8 Å². The van der Waals surface area contributed by atoms with Crippen LogP contribution in [0.25, 0.3) is 0 Å². The largest absolute Gasteiger partial charge is 0.462 e. The second kappa shape index (κ2) is 6.35. The molecule has 22 heavy (non-hydrogen) atoms. The van der Waals surface area contributed by atoms with Crippen molar-refractivity contribution < 1.29 is 14.3 Å². The van der Waals surface area contributed by atoms with Crippen LogP contribution in [0.4, 0.5) is 5.13 Å². The van der Waals surface area contributed by atoms with Crippen LogP contribution in [0.15, 0.2) is 15.7 Å². The summed E-state index contributed by atoms with van der Waals surface area (Å²) >= 11 is 0.943.